The van der Waals surface area contributed by atoms with E-state index in [0.29, 0.717) is 11.3 Å². The number of carbonyl (C=O) groups excluding carboxylic acids is 1. The average Bonchev–Trinajstić information content (AvgIpc) is 2.40. The molecule has 0 amide bonds. The summed E-state index contributed by atoms with van der Waals surface area (Å²) in [5.74, 6) is 0.551. The number of rotatable bonds is 4. The van der Waals surface area contributed by atoms with Gasteiger partial charge in [0, 0.05) is 7.05 Å². The molecule has 0 heterocycles. The third-order valence-electron chi connectivity index (χ3n) is 2.68. The van der Waals surface area contributed by atoms with E-state index < -0.39 is 0 Å². The highest BCUT2D eigenvalue weighted by molar-refractivity contribution is 5.79. The van der Waals surface area contributed by atoms with Gasteiger partial charge in [0.1, 0.15) is 0 Å². The van der Waals surface area contributed by atoms with Crippen LogP contribution in [0.15, 0.2) is 48.5 Å². The molecular formula is C15H15NO2. The molecular weight excluding hydrogens is 226 g/mol. The Labute approximate surface area is 107 Å². The Morgan fingerprint density at radius 2 is 1.72 bits per heavy atom. The fraction of sp³-hybridized carbons (Fsp3) is 0.133. The zero-order valence-corrected chi connectivity index (χ0v) is 10.5. The SMILES string of the molecule is Cc1ccc(N(C)Oc2ccccc2C=O)cc1. The Morgan fingerprint density at radius 3 is 2.39 bits per heavy atom. The summed E-state index contributed by atoms with van der Waals surface area (Å²) in [5, 5.41) is 1.64. The maximum atomic E-state index is 10.9. The van der Waals surface area contributed by atoms with E-state index in [1.54, 1.807) is 17.2 Å². The number of benzene rings is 2. The molecule has 0 aliphatic carbocycles. The predicted molar refractivity (Wildman–Crippen MR) is 72.0 cm³/mol. The van der Waals surface area contributed by atoms with Crippen LogP contribution in [0.4, 0.5) is 5.69 Å². The lowest BCUT2D eigenvalue weighted by molar-refractivity contribution is 0.111. The van der Waals surface area contributed by atoms with E-state index in [1.807, 2.05) is 50.4 Å². The zero-order chi connectivity index (χ0) is 13.0. The summed E-state index contributed by atoms with van der Waals surface area (Å²) in [4.78, 5) is 16.6. The summed E-state index contributed by atoms with van der Waals surface area (Å²) in [6.07, 6.45) is 0.790. The molecule has 0 radical (unpaired) electrons. The first kappa shape index (κ1) is 12.2. The standard InChI is InChI=1S/C15H15NO2/c1-12-7-9-14(10-8-12)16(2)18-15-6-4-3-5-13(15)11-17/h3-11H,1-2H3. The van der Waals surface area contributed by atoms with E-state index in [9.17, 15) is 4.79 Å². The third kappa shape index (κ3) is 2.69. The maximum Gasteiger partial charge on any atom is 0.165 e. The predicted octanol–water partition coefficient (Wildman–Crippen LogP) is 3.24. The Bertz CT molecular complexity index is 534. The Hall–Kier alpha value is -2.29. The van der Waals surface area contributed by atoms with Crippen LogP contribution in [0.5, 0.6) is 5.75 Å². The highest BCUT2D eigenvalue weighted by atomic mass is 16.7. The second-order valence-electron chi connectivity index (χ2n) is 4.08. The molecule has 0 aliphatic heterocycles. The van der Waals surface area contributed by atoms with Gasteiger partial charge in [-0.25, -0.2) is 5.06 Å². The van der Waals surface area contributed by atoms with Gasteiger partial charge >= 0.3 is 0 Å². The molecule has 0 saturated heterocycles. The highest BCUT2D eigenvalue weighted by Crippen LogP contribution is 2.20. The molecule has 3 heteroatoms. The van der Waals surface area contributed by atoms with Gasteiger partial charge in [-0.2, -0.15) is 0 Å². The lowest BCUT2D eigenvalue weighted by Crippen LogP contribution is -2.22. The molecule has 0 aliphatic rings. The molecule has 2 aromatic rings. The van der Waals surface area contributed by atoms with Gasteiger partial charge < -0.3 is 4.84 Å². The average molecular weight is 241 g/mol. The van der Waals surface area contributed by atoms with Crippen LogP contribution in [-0.2, 0) is 0 Å². The quantitative estimate of drug-likeness (QED) is 0.608. The number of aryl methyl sites for hydroxylation is 1. The van der Waals surface area contributed by atoms with Crippen LogP contribution in [0.2, 0.25) is 0 Å². The van der Waals surface area contributed by atoms with Crippen molar-refractivity contribution in [1.82, 2.24) is 0 Å². The maximum absolute atomic E-state index is 10.9. The number of aldehydes is 1. The number of carbonyl (C=O) groups is 1. The first-order valence-electron chi connectivity index (χ1n) is 5.73. The highest BCUT2D eigenvalue weighted by Gasteiger charge is 2.06. The molecule has 3 nitrogen and oxygen atoms in total. The molecule has 0 bridgehead atoms. The van der Waals surface area contributed by atoms with Gasteiger partial charge in [0.15, 0.2) is 12.0 Å². The van der Waals surface area contributed by atoms with E-state index in [1.165, 1.54) is 5.56 Å². The van der Waals surface area contributed by atoms with Crippen molar-refractivity contribution in [3.63, 3.8) is 0 Å². The van der Waals surface area contributed by atoms with Crippen LogP contribution in [0.25, 0.3) is 0 Å². The molecule has 0 atom stereocenters. The third-order valence-corrected chi connectivity index (χ3v) is 2.68. The number of anilines is 1. The van der Waals surface area contributed by atoms with Gasteiger partial charge in [0.05, 0.1) is 11.3 Å². The largest absolute Gasteiger partial charge is 0.379 e. The molecule has 2 aromatic carbocycles. The lowest BCUT2D eigenvalue weighted by atomic mass is 10.2. The van der Waals surface area contributed by atoms with Crippen LogP contribution >= 0.6 is 0 Å². The fourth-order valence-electron chi connectivity index (χ4n) is 1.62. The zero-order valence-electron chi connectivity index (χ0n) is 10.5. The van der Waals surface area contributed by atoms with Gasteiger partial charge in [0.2, 0.25) is 0 Å². The number of hydroxylamine groups is 1. The Balaban J connectivity index is 2.18. The van der Waals surface area contributed by atoms with Crippen molar-refractivity contribution in [2.75, 3.05) is 12.1 Å². The van der Waals surface area contributed by atoms with Gasteiger partial charge in [-0.1, -0.05) is 29.8 Å². The Morgan fingerprint density at radius 1 is 1.06 bits per heavy atom. The molecule has 2 rings (SSSR count). The van der Waals surface area contributed by atoms with Crippen molar-refractivity contribution in [2.45, 2.75) is 6.92 Å². The second-order valence-corrected chi connectivity index (χ2v) is 4.08. The van der Waals surface area contributed by atoms with Crippen molar-refractivity contribution < 1.29 is 9.63 Å². The van der Waals surface area contributed by atoms with E-state index in [0.717, 1.165) is 12.0 Å². The molecule has 0 spiro atoms. The van der Waals surface area contributed by atoms with Gasteiger partial charge in [-0.3, -0.25) is 4.79 Å². The van der Waals surface area contributed by atoms with E-state index in [2.05, 4.69) is 0 Å². The smallest absolute Gasteiger partial charge is 0.165 e. The number of hydrogen-bond donors (Lipinski definition) is 0. The van der Waals surface area contributed by atoms with Gasteiger partial charge in [0.25, 0.3) is 0 Å². The number of nitrogens with zero attached hydrogens (tertiary/aromatic N) is 1. The van der Waals surface area contributed by atoms with Crippen molar-refractivity contribution in [2.24, 2.45) is 0 Å². The van der Waals surface area contributed by atoms with Crippen LogP contribution in [0, 0.1) is 6.92 Å². The van der Waals surface area contributed by atoms with Crippen LogP contribution in [0.1, 0.15) is 15.9 Å². The summed E-state index contributed by atoms with van der Waals surface area (Å²) in [5.41, 5.74) is 2.67. The van der Waals surface area contributed by atoms with E-state index >= 15 is 0 Å². The van der Waals surface area contributed by atoms with Crippen molar-refractivity contribution in [1.29, 1.82) is 0 Å². The summed E-state index contributed by atoms with van der Waals surface area (Å²) in [7, 11) is 1.81. The summed E-state index contributed by atoms with van der Waals surface area (Å²) in [6, 6.07) is 15.1. The summed E-state index contributed by atoms with van der Waals surface area (Å²) in [6.45, 7) is 2.03. The molecule has 92 valence electrons. The first-order chi connectivity index (χ1) is 8.70. The fourth-order valence-corrected chi connectivity index (χ4v) is 1.62. The van der Waals surface area contributed by atoms with Crippen LogP contribution < -0.4 is 9.90 Å². The minimum atomic E-state index is 0.538. The van der Waals surface area contributed by atoms with Crippen molar-refractivity contribution in [3.8, 4) is 5.75 Å². The normalized spacial score (nSPS) is 9.89. The molecule has 0 fully saturated rings. The van der Waals surface area contributed by atoms with Crippen molar-refractivity contribution >= 4 is 12.0 Å². The topological polar surface area (TPSA) is 29.5 Å². The van der Waals surface area contributed by atoms with E-state index in [4.69, 9.17) is 4.84 Å². The van der Waals surface area contributed by atoms with Crippen LogP contribution in [0.3, 0.4) is 0 Å². The molecule has 0 N–H and O–H groups in total. The molecule has 18 heavy (non-hydrogen) atoms. The minimum Gasteiger partial charge on any atom is -0.379 e. The molecule has 0 unspecified atom stereocenters. The Kier molecular flexibility index (Phi) is 3.63. The lowest BCUT2D eigenvalue weighted by Gasteiger charge is -2.20. The second kappa shape index (κ2) is 5.36. The monoisotopic (exact) mass is 241 g/mol. The van der Waals surface area contributed by atoms with E-state index in [-0.39, 0.29) is 0 Å². The summed E-state index contributed by atoms with van der Waals surface area (Å²) >= 11 is 0. The van der Waals surface area contributed by atoms with Crippen molar-refractivity contribution in [3.05, 3.63) is 59.7 Å². The molecule has 0 aromatic heterocycles. The number of para-hydroxylation sites is 1. The van der Waals surface area contributed by atoms with Gasteiger partial charge in [-0.15, -0.1) is 0 Å². The summed E-state index contributed by atoms with van der Waals surface area (Å²) < 4.78 is 0. The molecule has 0 saturated carbocycles. The first-order valence-corrected chi connectivity index (χ1v) is 5.73. The van der Waals surface area contributed by atoms with Crippen LogP contribution in [-0.4, -0.2) is 13.3 Å². The van der Waals surface area contributed by atoms with Gasteiger partial charge in [-0.05, 0) is 31.2 Å². The minimum absolute atomic E-state index is 0.538. The number of hydrogen-bond acceptors (Lipinski definition) is 3.